The molecule has 0 bridgehead atoms. The van der Waals surface area contributed by atoms with Gasteiger partial charge in [-0.3, -0.25) is 28.8 Å². The van der Waals surface area contributed by atoms with Crippen molar-refractivity contribution in [3.05, 3.63) is 0 Å². The molecule has 0 aliphatic carbocycles. The van der Waals surface area contributed by atoms with Gasteiger partial charge in [-0.15, -0.1) is 10.1 Å². The summed E-state index contributed by atoms with van der Waals surface area (Å²) in [5.74, 6) is -5.49. The molecule has 174 valence electrons. The van der Waals surface area contributed by atoms with Gasteiger partial charge in [-0.05, 0) is 19.3 Å². The van der Waals surface area contributed by atoms with Gasteiger partial charge in [-0.1, -0.05) is 0 Å². The fourth-order valence-electron chi connectivity index (χ4n) is 2.81. The van der Waals surface area contributed by atoms with Gasteiger partial charge in [-0.25, -0.2) is 9.59 Å². The van der Waals surface area contributed by atoms with E-state index in [0.717, 1.165) is 0 Å². The molecule has 2 saturated heterocycles. The lowest BCUT2D eigenvalue weighted by Crippen LogP contribution is -2.33. The molecule has 13 heteroatoms. The van der Waals surface area contributed by atoms with Crippen LogP contribution in [-0.2, 0) is 48.0 Å². The first-order chi connectivity index (χ1) is 15.2. The quantitative estimate of drug-likeness (QED) is 0.224. The molecule has 0 aromatic carbocycles. The second-order valence-electron chi connectivity index (χ2n) is 7.08. The SMILES string of the molecule is O=C(CCCCC(=O)C(=O)NCCCC(=O)ON1C(=O)CCC1=O)ON1C(=O)CCC1=O. The molecule has 5 amide bonds. The maximum absolute atomic E-state index is 11.8. The monoisotopic (exact) mass is 453 g/mol. The highest BCUT2D eigenvalue weighted by atomic mass is 16.7. The minimum absolute atomic E-state index is 0.00525. The number of hydroxylamine groups is 4. The van der Waals surface area contributed by atoms with Gasteiger partial charge in [0.25, 0.3) is 29.5 Å². The number of rotatable bonds is 12. The van der Waals surface area contributed by atoms with Crippen LogP contribution >= 0.6 is 0 Å². The van der Waals surface area contributed by atoms with Crippen LogP contribution in [0.4, 0.5) is 0 Å². The van der Waals surface area contributed by atoms with Crippen molar-refractivity contribution in [2.75, 3.05) is 6.54 Å². The Morgan fingerprint density at radius 3 is 1.53 bits per heavy atom. The van der Waals surface area contributed by atoms with E-state index >= 15 is 0 Å². The average Bonchev–Trinajstić information content (AvgIpc) is 3.24. The predicted molar refractivity (Wildman–Crippen MR) is 100 cm³/mol. The molecule has 1 N–H and O–H groups in total. The lowest BCUT2D eigenvalue weighted by molar-refractivity contribution is -0.197. The highest BCUT2D eigenvalue weighted by Gasteiger charge is 2.33. The van der Waals surface area contributed by atoms with Crippen LogP contribution < -0.4 is 5.32 Å². The van der Waals surface area contributed by atoms with E-state index in [0.29, 0.717) is 10.1 Å². The van der Waals surface area contributed by atoms with E-state index < -0.39 is 47.3 Å². The number of nitrogens with one attached hydrogen (secondary N) is 1. The number of hydrogen-bond acceptors (Lipinski definition) is 10. The maximum atomic E-state index is 11.8. The molecule has 2 heterocycles. The number of Topliss-reactive ketones (excluding diaryl/α,β-unsaturated/α-hetero) is 1. The molecule has 0 saturated carbocycles. The summed E-state index contributed by atoms with van der Waals surface area (Å²) in [6.07, 6.45) is 0.110. The molecule has 13 nitrogen and oxygen atoms in total. The van der Waals surface area contributed by atoms with Crippen molar-refractivity contribution in [2.24, 2.45) is 0 Å². The van der Waals surface area contributed by atoms with E-state index in [-0.39, 0.29) is 70.8 Å². The van der Waals surface area contributed by atoms with E-state index in [9.17, 15) is 38.4 Å². The molecule has 2 aliphatic heterocycles. The number of unbranched alkanes of at least 4 members (excludes halogenated alkanes) is 1. The van der Waals surface area contributed by atoms with Crippen molar-refractivity contribution in [2.45, 2.75) is 64.2 Å². The largest absolute Gasteiger partial charge is 0.349 e. The Hall–Kier alpha value is -3.64. The summed E-state index contributed by atoms with van der Waals surface area (Å²) in [4.78, 5) is 101. The summed E-state index contributed by atoms with van der Waals surface area (Å²) in [7, 11) is 0. The molecule has 2 aliphatic rings. The zero-order chi connectivity index (χ0) is 23.7. The van der Waals surface area contributed by atoms with Crippen molar-refractivity contribution in [3.8, 4) is 0 Å². The molecular weight excluding hydrogens is 430 g/mol. The molecule has 0 radical (unpaired) electrons. The van der Waals surface area contributed by atoms with Gasteiger partial charge in [0, 0.05) is 51.5 Å². The van der Waals surface area contributed by atoms with Gasteiger partial charge in [0.2, 0.25) is 5.78 Å². The van der Waals surface area contributed by atoms with Crippen LogP contribution in [-0.4, -0.2) is 63.9 Å². The van der Waals surface area contributed by atoms with Crippen LogP contribution in [0, 0.1) is 0 Å². The Balaban J connectivity index is 1.53. The van der Waals surface area contributed by atoms with Gasteiger partial charge >= 0.3 is 11.9 Å². The lowest BCUT2D eigenvalue weighted by atomic mass is 10.1. The third-order valence-corrected chi connectivity index (χ3v) is 4.53. The summed E-state index contributed by atoms with van der Waals surface area (Å²) in [6.45, 7) is 0.00574. The molecule has 2 fully saturated rings. The fraction of sp³-hybridized carbons (Fsp3) is 0.579. The van der Waals surface area contributed by atoms with Crippen molar-refractivity contribution in [3.63, 3.8) is 0 Å². The van der Waals surface area contributed by atoms with Crippen LogP contribution in [0.2, 0.25) is 0 Å². The fourth-order valence-corrected chi connectivity index (χ4v) is 2.81. The van der Waals surface area contributed by atoms with E-state index in [4.69, 9.17) is 0 Å². The number of nitrogens with zero attached hydrogens (tertiary/aromatic N) is 2. The van der Waals surface area contributed by atoms with E-state index in [1.165, 1.54) is 0 Å². The summed E-state index contributed by atoms with van der Waals surface area (Å²) >= 11 is 0. The van der Waals surface area contributed by atoms with Crippen LogP contribution in [0.1, 0.15) is 64.2 Å². The minimum Gasteiger partial charge on any atom is -0.349 e. The first-order valence-corrected chi connectivity index (χ1v) is 10.1. The number of imide groups is 2. The van der Waals surface area contributed by atoms with Gasteiger partial charge in [-0.2, -0.15) is 0 Å². The average molecular weight is 453 g/mol. The lowest BCUT2D eigenvalue weighted by Gasteiger charge is -2.12. The number of carbonyl (C=O) groups excluding carboxylic acids is 8. The van der Waals surface area contributed by atoms with E-state index in [1.54, 1.807) is 0 Å². The van der Waals surface area contributed by atoms with Crippen molar-refractivity contribution >= 4 is 47.3 Å². The number of ketones is 1. The van der Waals surface area contributed by atoms with E-state index in [2.05, 4.69) is 15.0 Å². The third-order valence-electron chi connectivity index (χ3n) is 4.53. The van der Waals surface area contributed by atoms with Crippen molar-refractivity contribution < 1.29 is 48.0 Å². The second-order valence-corrected chi connectivity index (χ2v) is 7.08. The molecule has 0 unspecified atom stereocenters. The Labute approximate surface area is 182 Å². The van der Waals surface area contributed by atoms with Crippen molar-refractivity contribution in [1.29, 1.82) is 0 Å². The van der Waals surface area contributed by atoms with Gasteiger partial charge in [0.05, 0.1) is 0 Å². The Bertz CT molecular complexity index is 737. The smallest absolute Gasteiger partial charge is 0.333 e. The summed E-state index contributed by atoms with van der Waals surface area (Å²) in [5.41, 5.74) is 0. The molecule has 0 aromatic rings. The first kappa shape index (κ1) is 24.6. The zero-order valence-electron chi connectivity index (χ0n) is 17.3. The minimum atomic E-state index is -0.848. The Morgan fingerprint density at radius 1 is 0.656 bits per heavy atom. The third kappa shape index (κ3) is 7.25. The van der Waals surface area contributed by atoms with Crippen LogP contribution in [0.15, 0.2) is 0 Å². The predicted octanol–water partition coefficient (Wildman–Crippen LogP) is -0.773. The second kappa shape index (κ2) is 11.7. The maximum Gasteiger partial charge on any atom is 0.333 e. The molecule has 32 heavy (non-hydrogen) atoms. The number of amides is 5. The standard InChI is InChI=1S/C19H23N3O10/c23-12(4-1-2-5-17(28)31-21-13(24)7-8-14(21)25)19(30)20-11-3-6-18(29)32-22-15(26)9-10-16(22)27/h1-11H2,(H,20,30). The molecule has 2 rings (SSSR count). The normalized spacial score (nSPS) is 15.9. The molecular formula is C19H23N3O10. The Kier molecular flexibility index (Phi) is 8.98. The van der Waals surface area contributed by atoms with Gasteiger partial charge in [0.1, 0.15) is 0 Å². The van der Waals surface area contributed by atoms with Gasteiger partial charge < -0.3 is 15.0 Å². The van der Waals surface area contributed by atoms with Crippen LogP contribution in [0.3, 0.4) is 0 Å². The first-order valence-electron chi connectivity index (χ1n) is 10.1. The topological polar surface area (TPSA) is 174 Å². The van der Waals surface area contributed by atoms with E-state index in [1.807, 2.05) is 0 Å². The van der Waals surface area contributed by atoms with Gasteiger partial charge in [0.15, 0.2) is 0 Å². The summed E-state index contributed by atoms with van der Waals surface area (Å²) in [5, 5.41) is 3.21. The number of carbonyl (C=O) groups is 8. The van der Waals surface area contributed by atoms with Crippen molar-refractivity contribution in [1.82, 2.24) is 15.4 Å². The summed E-state index contributed by atoms with van der Waals surface area (Å²) < 4.78 is 0. The Morgan fingerprint density at radius 2 is 1.06 bits per heavy atom. The highest BCUT2D eigenvalue weighted by molar-refractivity contribution is 6.36. The molecule has 0 aromatic heterocycles. The van der Waals surface area contributed by atoms with Crippen LogP contribution in [0.5, 0.6) is 0 Å². The highest BCUT2D eigenvalue weighted by Crippen LogP contribution is 2.14. The van der Waals surface area contributed by atoms with Crippen LogP contribution in [0.25, 0.3) is 0 Å². The summed E-state index contributed by atoms with van der Waals surface area (Å²) in [6, 6.07) is 0. The molecule has 0 atom stereocenters. The molecule has 0 spiro atoms. The zero-order valence-corrected chi connectivity index (χ0v) is 17.3. The number of hydrogen-bond donors (Lipinski definition) is 1.